The summed E-state index contributed by atoms with van der Waals surface area (Å²) >= 11 is 0. The van der Waals surface area contributed by atoms with Crippen LogP contribution in [0.4, 0.5) is 0 Å². The maximum atomic E-state index is 12.7. The number of ketones is 2. The Morgan fingerprint density at radius 1 is 1.08 bits per heavy atom. The van der Waals surface area contributed by atoms with Crippen molar-refractivity contribution >= 4 is 11.6 Å². The first kappa shape index (κ1) is 18.1. The van der Waals surface area contributed by atoms with Crippen molar-refractivity contribution < 1.29 is 9.59 Å². The minimum absolute atomic E-state index is 0.0379. The monoisotopic (exact) mass is 322 g/mol. The molecule has 0 spiro atoms. The highest BCUT2D eigenvalue weighted by Crippen LogP contribution is 2.25. The van der Waals surface area contributed by atoms with Crippen LogP contribution in [0.3, 0.4) is 0 Å². The summed E-state index contributed by atoms with van der Waals surface area (Å²) in [6, 6.07) is 9.26. The number of allylic oxidation sites excluding steroid dienone is 6. The van der Waals surface area contributed by atoms with Gasteiger partial charge in [0.1, 0.15) is 5.78 Å². The van der Waals surface area contributed by atoms with Crippen molar-refractivity contribution in [2.24, 2.45) is 5.92 Å². The van der Waals surface area contributed by atoms with Gasteiger partial charge in [0.25, 0.3) is 0 Å². The van der Waals surface area contributed by atoms with E-state index in [2.05, 4.69) is 19.1 Å². The molecular formula is C22H26O2. The van der Waals surface area contributed by atoms with Crippen LogP contribution in [-0.2, 0) is 4.79 Å². The molecule has 0 fully saturated rings. The lowest BCUT2D eigenvalue weighted by atomic mass is 9.85. The van der Waals surface area contributed by atoms with E-state index < -0.39 is 0 Å². The lowest BCUT2D eigenvalue weighted by molar-refractivity contribution is -0.121. The van der Waals surface area contributed by atoms with Crippen molar-refractivity contribution in [3.8, 4) is 0 Å². The van der Waals surface area contributed by atoms with Gasteiger partial charge in [-0.25, -0.2) is 0 Å². The molecule has 0 aromatic heterocycles. The van der Waals surface area contributed by atoms with Gasteiger partial charge in [-0.1, -0.05) is 80.5 Å². The van der Waals surface area contributed by atoms with Crippen LogP contribution in [0.1, 0.15) is 55.8 Å². The molecule has 2 rings (SSSR count). The first-order valence-electron chi connectivity index (χ1n) is 8.86. The van der Waals surface area contributed by atoms with E-state index in [1.54, 1.807) is 0 Å². The van der Waals surface area contributed by atoms with Gasteiger partial charge in [-0.05, 0) is 18.4 Å². The number of carbonyl (C=O) groups excluding carboxylic acids is 2. The number of hydrogen-bond donors (Lipinski definition) is 0. The molecule has 1 atom stereocenters. The number of rotatable bonds is 9. The summed E-state index contributed by atoms with van der Waals surface area (Å²) < 4.78 is 0. The van der Waals surface area contributed by atoms with Crippen LogP contribution in [0.15, 0.2) is 66.3 Å². The van der Waals surface area contributed by atoms with Gasteiger partial charge in [0.15, 0.2) is 5.78 Å². The Hall–Kier alpha value is -2.22. The molecule has 126 valence electrons. The van der Waals surface area contributed by atoms with E-state index in [1.165, 1.54) is 0 Å². The van der Waals surface area contributed by atoms with E-state index in [0.29, 0.717) is 12.0 Å². The Morgan fingerprint density at radius 3 is 2.62 bits per heavy atom. The molecule has 1 aliphatic carbocycles. The summed E-state index contributed by atoms with van der Waals surface area (Å²) in [6.07, 6.45) is 14.7. The van der Waals surface area contributed by atoms with Crippen LogP contribution in [0, 0.1) is 5.92 Å². The van der Waals surface area contributed by atoms with Crippen LogP contribution in [-0.4, -0.2) is 11.6 Å². The quantitative estimate of drug-likeness (QED) is 0.446. The molecule has 1 aromatic rings. The lowest BCUT2D eigenvalue weighted by Crippen LogP contribution is -2.20. The summed E-state index contributed by atoms with van der Waals surface area (Å²) in [5.74, 6) is -0.104. The van der Waals surface area contributed by atoms with E-state index in [-0.39, 0.29) is 23.9 Å². The average Bonchev–Trinajstić information content (AvgIpc) is 2.89. The normalized spacial score (nSPS) is 14.8. The summed E-state index contributed by atoms with van der Waals surface area (Å²) in [6.45, 7) is 2.13. The fourth-order valence-corrected chi connectivity index (χ4v) is 2.92. The first-order valence-corrected chi connectivity index (χ1v) is 8.86. The third-order valence-electron chi connectivity index (χ3n) is 4.33. The van der Waals surface area contributed by atoms with E-state index in [1.807, 2.05) is 48.6 Å². The maximum Gasteiger partial charge on any atom is 0.163 e. The zero-order chi connectivity index (χ0) is 17.2. The molecule has 0 heterocycles. The first-order chi connectivity index (χ1) is 11.7. The Labute approximate surface area is 145 Å². The van der Waals surface area contributed by atoms with Crippen molar-refractivity contribution in [2.75, 3.05) is 0 Å². The molecular weight excluding hydrogens is 296 g/mol. The second-order valence-corrected chi connectivity index (χ2v) is 6.20. The highest BCUT2D eigenvalue weighted by molar-refractivity contribution is 5.99. The minimum Gasteiger partial charge on any atom is -0.299 e. The molecule has 0 saturated carbocycles. The molecule has 2 nitrogen and oxygen atoms in total. The smallest absolute Gasteiger partial charge is 0.163 e. The third-order valence-corrected chi connectivity index (χ3v) is 4.33. The summed E-state index contributed by atoms with van der Waals surface area (Å²) in [5, 5.41) is 0. The number of carbonyl (C=O) groups is 2. The van der Waals surface area contributed by atoms with E-state index in [9.17, 15) is 9.59 Å². The number of unbranched alkanes of at least 4 members (excludes halogenated alkanes) is 2. The van der Waals surface area contributed by atoms with Gasteiger partial charge in [0.2, 0.25) is 0 Å². The summed E-state index contributed by atoms with van der Waals surface area (Å²) in [4.78, 5) is 25.3. The molecule has 0 aliphatic heterocycles. The van der Waals surface area contributed by atoms with Gasteiger partial charge in [0.05, 0.1) is 0 Å². The Morgan fingerprint density at radius 2 is 1.88 bits per heavy atom. The highest BCUT2D eigenvalue weighted by Gasteiger charge is 2.24. The highest BCUT2D eigenvalue weighted by atomic mass is 16.1. The second-order valence-electron chi connectivity index (χ2n) is 6.20. The zero-order valence-corrected chi connectivity index (χ0v) is 14.4. The lowest BCUT2D eigenvalue weighted by Gasteiger charge is -2.17. The van der Waals surface area contributed by atoms with Crippen molar-refractivity contribution in [2.45, 2.75) is 45.4 Å². The molecule has 0 saturated heterocycles. The fraction of sp³-hybridized carbons (Fsp3) is 0.364. The fourth-order valence-electron chi connectivity index (χ4n) is 2.92. The predicted octanol–water partition coefficient (Wildman–Crippen LogP) is 5.47. The number of benzene rings is 1. The maximum absolute atomic E-state index is 12.7. The molecule has 1 unspecified atom stereocenters. The van der Waals surface area contributed by atoms with Gasteiger partial charge in [-0.2, -0.15) is 0 Å². The molecule has 0 bridgehead atoms. The van der Waals surface area contributed by atoms with Crippen LogP contribution in [0.5, 0.6) is 0 Å². The van der Waals surface area contributed by atoms with E-state index in [4.69, 9.17) is 0 Å². The molecule has 0 radical (unpaired) electrons. The summed E-state index contributed by atoms with van der Waals surface area (Å²) in [7, 11) is 0. The van der Waals surface area contributed by atoms with Gasteiger partial charge in [-0.15, -0.1) is 0 Å². The topological polar surface area (TPSA) is 34.1 Å². The average molecular weight is 322 g/mol. The number of hydrogen-bond acceptors (Lipinski definition) is 2. The standard InChI is InChI=1S/C22H26O2/c1-2-3-7-16-21(23)20(18-12-8-4-5-9-13-18)17-22(24)19-14-10-6-11-15-19/h4-6,8,10-15,20H,2-3,7,9,16-17H2,1H3. The Kier molecular flexibility index (Phi) is 7.41. The van der Waals surface area contributed by atoms with Crippen LogP contribution < -0.4 is 0 Å². The van der Waals surface area contributed by atoms with Gasteiger partial charge < -0.3 is 0 Å². The predicted molar refractivity (Wildman–Crippen MR) is 99.0 cm³/mol. The molecule has 24 heavy (non-hydrogen) atoms. The number of Topliss-reactive ketones (excluding diaryl/α,β-unsaturated/α-hetero) is 2. The van der Waals surface area contributed by atoms with Crippen molar-refractivity contribution in [3.05, 3.63) is 71.8 Å². The van der Waals surface area contributed by atoms with Gasteiger partial charge in [-0.3, -0.25) is 9.59 Å². The van der Waals surface area contributed by atoms with Gasteiger partial charge >= 0.3 is 0 Å². The molecule has 0 N–H and O–H groups in total. The third kappa shape index (κ3) is 5.45. The van der Waals surface area contributed by atoms with E-state index >= 15 is 0 Å². The van der Waals surface area contributed by atoms with Crippen LogP contribution in [0.25, 0.3) is 0 Å². The van der Waals surface area contributed by atoms with Crippen molar-refractivity contribution in [1.82, 2.24) is 0 Å². The van der Waals surface area contributed by atoms with Crippen LogP contribution >= 0.6 is 0 Å². The second kappa shape index (κ2) is 9.82. The molecule has 0 amide bonds. The minimum atomic E-state index is -0.328. The molecule has 1 aliphatic rings. The largest absolute Gasteiger partial charge is 0.299 e. The molecule has 1 aromatic carbocycles. The Balaban J connectivity index is 2.14. The van der Waals surface area contributed by atoms with Crippen LogP contribution in [0.2, 0.25) is 0 Å². The van der Waals surface area contributed by atoms with Crippen molar-refractivity contribution in [3.63, 3.8) is 0 Å². The van der Waals surface area contributed by atoms with Crippen molar-refractivity contribution in [1.29, 1.82) is 0 Å². The SMILES string of the molecule is CCCCCC(=O)C(CC(=O)c1ccccc1)C1=CCC=CC=C1. The summed E-state index contributed by atoms with van der Waals surface area (Å²) in [5.41, 5.74) is 1.66. The zero-order valence-electron chi connectivity index (χ0n) is 14.4. The Bertz CT molecular complexity index is 635. The van der Waals surface area contributed by atoms with E-state index in [0.717, 1.165) is 31.3 Å². The van der Waals surface area contributed by atoms with Gasteiger partial charge in [0, 0.05) is 24.3 Å². The molecule has 2 heteroatoms.